The Bertz CT molecular complexity index is 752. The molecule has 5 nitrogen and oxygen atoms in total. The van der Waals surface area contributed by atoms with Gasteiger partial charge in [-0.3, -0.25) is 4.72 Å². The lowest BCUT2D eigenvalue weighted by Gasteiger charge is -2.22. The second-order valence-electron chi connectivity index (χ2n) is 5.81. The number of hydrogen-bond acceptors (Lipinski definition) is 4. The predicted molar refractivity (Wildman–Crippen MR) is 99.0 cm³/mol. The van der Waals surface area contributed by atoms with E-state index in [-0.39, 0.29) is 4.90 Å². The average molecular weight is 347 g/mol. The van der Waals surface area contributed by atoms with E-state index >= 15 is 0 Å². The van der Waals surface area contributed by atoms with E-state index in [1.165, 1.54) is 0 Å². The molecule has 6 heteroatoms. The topological polar surface area (TPSA) is 62.3 Å². The number of nitrogens with one attached hydrogen (secondary N) is 1. The van der Waals surface area contributed by atoms with Crippen molar-refractivity contribution in [2.24, 2.45) is 0 Å². The van der Waals surface area contributed by atoms with Gasteiger partial charge in [-0.1, -0.05) is 26.0 Å². The molecule has 1 aromatic carbocycles. The molecule has 0 bridgehead atoms. The molecule has 0 radical (unpaired) electrons. The van der Waals surface area contributed by atoms with Crippen LogP contribution in [0.2, 0.25) is 0 Å². The van der Waals surface area contributed by atoms with Gasteiger partial charge in [-0.05, 0) is 49.6 Å². The van der Waals surface area contributed by atoms with Crippen LogP contribution in [0.15, 0.2) is 47.5 Å². The van der Waals surface area contributed by atoms with Crippen molar-refractivity contribution in [2.75, 3.05) is 22.7 Å². The molecule has 0 amide bonds. The minimum atomic E-state index is -3.59. The van der Waals surface area contributed by atoms with Crippen LogP contribution in [0.3, 0.4) is 0 Å². The quantitative estimate of drug-likeness (QED) is 0.788. The molecule has 1 heterocycles. The second kappa shape index (κ2) is 8.15. The Morgan fingerprint density at radius 3 is 2.33 bits per heavy atom. The largest absolute Gasteiger partial charge is 0.357 e. The highest BCUT2D eigenvalue weighted by molar-refractivity contribution is 7.92. The van der Waals surface area contributed by atoms with E-state index in [1.807, 2.05) is 19.1 Å². The molecule has 0 atom stereocenters. The summed E-state index contributed by atoms with van der Waals surface area (Å²) in [7, 11) is -3.59. The summed E-state index contributed by atoms with van der Waals surface area (Å²) in [5.74, 6) is 0.872. The van der Waals surface area contributed by atoms with Crippen LogP contribution in [0.5, 0.6) is 0 Å². The minimum Gasteiger partial charge on any atom is -0.357 e. The van der Waals surface area contributed by atoms with Gasteiger partial charge < -0.3 is 4.90 Å². The highest BCUT2D eigenvalue weighted by atomic mass is 32.2. The smallest absolute Gasteiger partial charge is 0.261 e. The molecule has 1 N–H and O–H groups in total. The van der Waals surface area contributed by atoms with Gasteiger partial charge in [-0.15, -0.1) is 0 Å². The summed E-state index contributed by atoms with van der Waals surface area (Å²) < 4.78 is 27.4. The van der Waals surface area contributed by atoms with Gasteiger partial charge in [-0.2, -0.15) is 0 Å². The zero-order chi connectivity index (χ0) is 17.6. The summed E-state index contributed by atoms with van der Waals surface area (Å²) in [5.41, 5.74) is 1.37. The number of benzene rings is 1. The molecular weight excluding hydrogens is 322 g/mol. The highest BCUT2D eigenvalue weighted by Crippen LogP contribution is 2.19. The maximum Gasteiger partial charge on any atom is 0.261 e. The Morgan fingerprint density at radius 1 is 1.08 bits per heavy atom. The lowest BCUT2D eigenvalue weighted by molar-refractivity contribution is 0.601. The third-order valence-corrected chi connectivity index (χ3v) is 4.99. The first-order valence-electron chi connectivity index (χ1n) is 8.26. The van der Waals surface area contributed by atoms with Gasteiger partial charge in [0.05, 0.1) is 16.8 Å². The zero-order valence-electron chi connectivity index (χ0n) is 14.5. The van der Waals surface area contributed by atoms with Crippen LogP contribution in [0, 0.1) is 6.92 Å². The minimum absolute atomic E-state index is 0.255. The van der Waals surface area contributed by atoms with E-state index in [4.69, 9.17) is 0 Å². The summed E-state index contributed by atoms with van der Waals surface area (Å²) >= 11 is 0. The van der Waals surface area contributed by atoms with Gasteiger partial charge in [0.25, 0.3) is 10.0 Å². The van der Waals surface area contributed by atoms with Crippen LogP contribution in [0.1, 0.15) is 32.3 Å². The van der Waals surface area contributed by atoms with E-state index in [0.29, 0.717) is 5.69 Å². The molecule has 0 fully saturated rings. The SMILES string of the molecule is CCCN(CCC)c1ccc(NS(=O)(=O)c2cccc(C)c2)cn1. The van der Waals surface area contributed by atoms with Gasteiger partial charge in [0.2, 0.25) is 0 Å². The van der Waals surface area contributed by atoms with Crippen molar-refractivity contribution < 1.29 is 8.42 Å². The van der Waals surface area contributed by atoms with Gasteiger partial charge in [-0.25, -0.2) is 13.4 Å². The monoisotopic (exact) mass is 347 g/mol. The fourth-order valence-corrected chi connectivity index (χ4v) is 3.66. The fraction of sp³-hybridized carbons (Fsp3) is 0.389. The molecule has 130 valence electrons. The third-order valence-electron chi connectivity index (χ3n) is 3.61. The van der Waals surface area contributed by atoms with Gasteiger partial charge in [0.1, 0.15) is 5.82 Å². The summed E-state index contributed by atoms with van der Waals surface area (Å²) in [4.78, 5) is 6.87. The maximum atomic E-state index is 12.4. The first kappa shape index (κ1) is 18.3. The van der Waals surface area contributed by atoms with Crippen molar-refractivity contribution in [2.45, 2.75) is 38.5 Å². The van der Waals surface area contributed by atoms with E-state index < -0.39 is 10.0 Å². The number of anilines is 2. The van der Waals surface area contributed by atoms with Gasteiger partial charge >= 0.3 is 0 Å². The van der Waals surface area contributed by atoms with Crippen molar-refractivity contribution in [3.63, 3.8) is 0 Å². The van der Waals surface area contributed by atoms with Crippen LogP contribution in [-0.4, -0.2) is 26.5 Å². The Labute approximate surface area is 144 Å². The molecular formula is C18H25N3O2S. The molecule has 0 aliphatic rings. The first-order chi connectivity index (χ1) is 11.5. The van der Waals surface area contributed by atoms with Crippen molar-refractivity contribution in [3.05, 3.63) is 48.2 Å². The molecule has 0 saturated heterocycles. The zero-order valence-corrected chi connectivity index (χ0v) is 15.3. The molecule has 0 unspecified atom stereocenters. The normalized spacial score (nSPS) is 11.3. The lowest BCUT2D eigenvalue weighted by atomic mass is 10.2. The molecule has 2 aromatic rings. The lowest BCUT2D eigenvalue weighted by Crippen LogP contribution is -2.25. The molecule has 24 heavy (non-hydrogen) atoms. The Morgan fingerprint density at radius 2 is 1.79 bits per heavy atom. The Balaban J connectivity index is 2.16. The van der Waals surface area contributed by atoms with Gasteiger partial charge in [0.15, 0.2) is 0 Å². The Hall–Kier alpha value is -2.08. The highest BCUT2D eigenvalue weighted by Gasteiger charge is 2.14. The van der Waals surface area contributed by atoms with Crippen LogP contribution in [-0.2, 0) is 10.0 Å². The van der Waals surface area contributed by atoms with Crippen molar-refractivity contribution in [1.82, 2.24) is 4.98 Å². The summed E-state index contributed by atoms with van der Waals surface area (Å²) in [5, 5.41) is 0. The predicted octanol–water partition coefficient (Wildman–Crippen LogP) is 3.82. The standard InChI is InChI=1S/C18H25N3O2S/c1-4-11-21(12-5-2)18-10-9-16(14-19-18)20-24(22,23)17-8-6-7-15(3)13-17/h6-10,13-14,20H,4-5,11-12H2,1-3H3. The molecule has 0 aliphatic heterocycles. The van der Waals surface area contributed by atoms with Crippen molar-refractivity contribution >= 4 is 21.5 Å². The number of pyridine rings is 1. The first-order valence-corrected chi connectivity index (χ1v) is 9.75. The third kappa shape index (κ3) is 4.71. The van der Waals surface area contributed by atoms with Crippen molar-refractivity contribution in [1.29, 1.82) is 0 Å². The maximum absolute atomic E-state index is 12.4. The number of aryl methyl sites for hydroxylation is 1. The van der Waals surface area contributed by atoms with E-state index in [9.17, 15) is 8.42 Å². The van der Waals surface area contributed by atoms with E-state index in [0.717, 1.165) is 37.3 Å². The van der Waals surface area contributed by atoms with E-state index in [1.54, 1.807) is 30.5 Å². The fourth-order valence-electron chi connectivity index (χ4n) is 2.51. The number of sulfonamides is 1. The average Bonchev–Trinajstić information content (AvgIpc) is 2.55. The number of nitrogens with zero attached hydrogens (tertiary/aromatic N) is 2. The van der Waals surface area contributed by atoms with Crippen molar-refractivity contribution in [3.8, 4) is 0 Å². The summed E-state index contributed by atoms with van der Waals surface area (Å²) in [6, 6.07) is 10.5. The van der Waals surface area contributed by atoms with Crippen LogP contribution >= 0.6 is 0 Å². The number of aromatic nitrogens is 1. The van der Waals surface area contributed by atoms with E-state index in [2.05, 4.69) is 28.5 Å². The Kier molecular flexibility index (Phi) is 6.20. The summed E-state index contributed by atoms with van der Waals surface area (Å²) in [6.07, 6.45) is 3.66. The van der Waals surface area contributed by atoms with Gasteiger partial charge in [0, 0.05) is 13.1 Å². The molecule has 0 spiro atoms. The van der Waals surface area contributed by atoms with Crippen LogP contribution in [0.25, 0.3) is 0 Å². The molecule has 2 rings (SSSR count). The summed E-state index contributed by atoms with van der Waals surface area (Å²) in [6.45, 7) is 8.01. The molecule has 0 aliphatic carbocycles. The number of rotatable bonds is 8. The van der Waals surface area contributed by atoms with Crippen LogP contribution in [0.4, 0.5) is 11.5 Å². The molecule has 1 aromatic heterocycles. The number of hydrogen-bond donors (Lipinski definition) is 1. The van der Waals surface area contributed by atoms with Crippen LogP contribution < -0.4 is 9.62 Å². The molecule has 0 saturated carbocycles. The second-order valence-corrected chi connectivity index (χ2v) is 7.50.